The summed E-state index contributed by atoms with van der Waals surface area (Å²) < 4.78 is 0. The number of rotatable bonds is 4. The molecule has 0 aromatic carbocycles. The van der Waals surface area contributed by atoms with Crippen LogP contribution in [0.1, 0.15) is 46.5 Å². The lowest BCUT2D eigenvalue weighted by molar-refractivity contribution is 0.0810. The van der Waals surface area contributed by atoms with Crippen molar-refractivity contribution in [2.24, 2.45) is 17.6 Å². The van der Waals surface area contributed by atoms with E-state index in [2.05, 4.69) is 32.7 Å². The molecule has 1 rings (SSSR count). The molecule has 0 spiro atoms. The molecule has 90 valence electrons. The Morgan fingerprint density at radius 3 is 2.40 bits per heavy atom. The van der Waals surface area contributed by atoms with Gasteiger partial charge in [-0.25, -0.2) is 0 Å². The zero-order valence-electron chi connectivity index (χ0n) is 10.9. The highest BCUT2D eigenvalue weighted by Gasteiger charge is 2.28. The summed E-state index contributed by atoms with van der Waals surface area (Å²) in [5.74, 6) is 1.46. The van der Waals surface area contributed by atoms with Gasteiger partial charge in [-0.05, 0) is 45.2 Å². The molecule has 0 heterocycles. The highest BCUT2D eigenvalue weighted by atomic mass is 15.2. The summed E-state index contributed by atoms with van der Waals surface area (Å²) in [7, 11) is 2.28. The first-order chi connectivity index (χ1) is 7.07. The summed E-state index contributed by atoms with van der Waals surface area (Å²) in [6, 6.07) is 1.39. The van der Waals surface area contributed by atoms with Gasteiger partial charge in [0.15, 0.2) is 0 Å². The van der Waals surface area contributed by atoms with Gasteiger partial charge in [0.05, 0.1) is 0 Å². The molecule has 4 atom stereocenters. The van der Waals surface area contributed by atoms with Crippen molar-refractivity contribution in [3.8, 4) is 0 Å². The van der Waals surface area contributed by atoms with E-state index < -0.39 is 0 Å². The summed E-state index contributed by atoms with van der Waals surface area (Å²) in [6.07, 6.45) is 5.60. The predicted molar refractivity (Wildman–Crippen MR) is 66.9 cm³/mol. The lowest BCUT2D eigenvalue weighted by Gasteiger charge is -2.41. The van der Waals surface area contributed by atoms with Crippen LogP contribution >= 0.6 is 0 Å². The van der Waals surface area contributed by atoms with E-state index in [4.69, 9.17) is 5.73 Å². The number of hydrogen-bond acceptors (Lipinski definition) is 2. The second kappa shape index (κ2) is 5.86. The summed E-state index contributed by atoms with van der Waals surface area (Å²) in [5, 5.41) is 0. The van der Waals surface area contributed by atoms with Crippen LogP contribution in [0.3, 0.4) is 0 Å². The van der Waals surface area contributed by atoms with Crippen molar-refractivity contribution in [3.63, 3.8) is 0 Å². The first-order valence-electron chi connectivity index (χ1n) is 6.50. The topological polar surface area (TPSA) is 29.3 Å². The fourth-order valence-electron chi connectivity index (χ4n) is 2.80. The van der Waals surface area contributed by atoms with Crippen molar-refractivity contribution in [1.29, 1.82) is 0 Å². The Morgan fingerprint density at radius 1 is 1.27 bits per heavy atom. The van der Waals surface area contributed by atoms with Gasteiger partial charge in [-0.2, -0.15) is 0 Å². The van der Waals surface area contributed by atoms with E-state index >= 15 is 0 Å². The van der Waals surface area contributed by atoms with E-state index in [1.54, 1.807) is 0 Å². The van der Waals surface area contributed by atoms with Gasteiger partial charge in [-0.1, -0.05) is 26.7 Å². The van der Waals surface area contributed by atoms with Gasteiger partial charge < -0.3 is 10.6 Å². The largest absolute Gasteiger partial charge is 0.330 e. The maximum absolute atomic E-state index is 5.75. The van der Waals surface area contributed by atoms with Crippen molar-refractivity contribution >= 4 is 0 Å². The Morgan fingerprint density at radius 2 is 1.87 bits per heavy atom. The molecule has 0 radical (unpaired) electrons. The normalized spacial score (nSPS) is 31.6. The molecular weight excluding hydrogens is 184 g/mol. The third-order valence-corrected chi connectivity index (χ3v) is 4.43. The monoisotopic (exact) mass is 212 g/mol. The molecule has 0 amide bonds. The van der Waals surface area contributed by atoms with Crippen LogP contribution in [-0.4, -0.2) is 30.6 Å². The van der Waals surface area contributed by atoms with Crippen LogP contribution in [0.4, 0.5) is 0 Å². The number of hydrogen-bond donors (Lipinski definition) is 1. The third-order valence-electron chi connectivity index (χ3n) is 4.43. The van der Waals surface area contributed by atoms with Gasteiger partial charge in [-0.3, -0.25) is 0 Å². The molecule has 0 aromatic rings. The van der Waals surface area contributed by atoms with Crippen LogP contribution in [0.5, 0.6) is 0 Å². The van der Waals surface area contributed by atoms with E-state index in [1.807, 2.05) is 0 Å². The van der Waals surface area contributed by atoms with E-state index in [0.29, 0.717) is 12.0 Å². The predicted octanol–water partition coefficient (Wildman–Crippen LogP) is 2.48. The fraction of sp³-hybridized carbons (Fsp3) is 1.00. The molecule has 2 heteroatoms. The summed E-state index contributed by atoms with van der Waals surface area (Å²) in [4.78, 5) is 2.57. The SMILES string of the molecule is CC(CN)C(C)N(C)C1CCCCC1C. The average Bonchev–Trinajstić information content (AvgIpc) is 2.26. The van der Waals surface area contributed by atoms with Crippen LogP contribution in [0.15, 0.2) is 0 Å². The zero-order chi connectivity index (χ0) is 11.4. The minimum atomic E-state index is 0.601. The highest BCUT2D eigenvalue weighted by molar-refractivity contribution is 4.83. The minimum Gasteiger partial charge on any atom is -0.330 e. The lowest BCUT2D eigenvalue weighted by atomic mass is 9.84. The summed E-state index contributed by atoms with van der Waals surface area (Å²) in [5.41, 5.74) is 5.75. The van der Waals surface area contributed by atoms with Gasteiger partial charge in [0.1, 0.15) is 0 Å². The molecule has 0 saturated heterocycles. The molecule has 15 heavy (non-hydrogen) atoms. The standard InChI is InChI=1S/C13H28N2/c1-10-7-5-6-8-13(10)15(4)12(3)11(2)9-14/h10-13H,5-9,14H2,1-4H3. The first kappa shape index (κ1) is 13.0. The van der Waals surface area contributed by atoms with Crippen molar-refractivity contribution in [2.75, 3.05) is 13.6 Å². The molecule has 1 aliphatic rings. The molecule has 2 nitrogen and oxygen atoms in total. The summed E-state index contributed by atoms with van der Waals surface area (Å²) >= 11 is 0. The second-order valence-electron chi connectivity index (χ2n) is 5.45. The average molecular weight is 212 g/mol. The molecule has 0 bridgehead atoms. The highest BCUT2D eigenvalue weighted by Crippen LogP contribution is 2.29. The zero-order valence-corrected chi connectivity index (χ0v) is 10.9. The Labute approximate surface area is 95.2 Å². The maximum Gasteiger partial charge on any atom is 0.0121 e. The van der Waals surface area contributed by atoms with Crippen LogP contribution in [-0.2, 0) is 0 Å². The molecule has 1 fully saturated rings. The Kier molecular flexibility index (Phi) is 5.07. The fourth-order valence-corrected chi connectivity index (χ4v) is 2.80. The van der Waals surface area contributed by atoms with Crippen molar-refractivity contribution in [3.05, 3.63) is 0 Å². The van der Waals surface area contributed by atoms with E-state index in [1.165, 1.54) is 25.7 Å². The smallest absolute Gasteiger partial charge is 0.0121 e. The quantitative estimate of drug-likeness (QED) is 0.776. The molecule has 0 aliphatic heterocycles. The van der Waals surface area contributed by atoms with E-state index in [0.717, 1.165) is 18.5 Å². The number of nitrogens with zero attached hydrogens (tertiary/aromatic N) is 1. The third kappa shape index (κ3) is 3.18. The van der Waals surface area contributed by atoms with E-state index in [-0.39, 0.29) is 0 Å². The molecule has 1 aliphatic carbocycles. The van der Waals surface area contributed by atoms with Gasteiger partial charge in [0, 0.05) is 12.1 Å². The van der Waals surface area contributed by atoms with Crippen molar-refractivity contribution in [2.45, 2.75) is 58.5 Å². The number of nitrogens with two attached hydrogens (primary N) is 1. The van der Waals surface area contributed by atoms with Crippen LogP contribution in [0, 0.1) is 11.8 Å². The van der Waals surface area contributed by atoms with Gasteiger partial charge in [0.2, 0.25) is 0 Å². The molecule has 0 aromatic heterocycles. The van der Waals surface area contributed by atoms with Gasteiger partial charge in [-0.15, -0.1) is 0 Å². The van der Waals surface area contributed by atoms with Crippen LogP contribution in [0.2, 0.25) is 0 Å². The first-order valence-corrected chi connectivity index (χ1v) is 6.50. The van der Waals surface area contributed by atoms with Gasteiger partial charge in [0.25, 0.3) is 0 Å². The van der Waals surface area contributed by atoms with Crippen LogP contribution in [0.25, 0.3) is 0 Å². The Hall–Kier alpha value is -0.0800. The van der Waals surface area contributed by atoms with Gasteiger partial charge >= 0.3 is 0 Å². The molecule has 2 N–H and O–H groups in total. The lowest BCUT2D eigenvalue weighted by Crippen LogP contribution is -2.47. The summed E-state index contributed by atoms with van der Waals surface area (Å²) in [6.45, 7) is 7.78. The van der Waals surface area contributed by atoms with Crippen molar-refractivity contribution < 1.29 is 0 Å². The van der Waals surface area contributed by atoms with Crippen molar-refractivity contribution in [1.82, 2.24) is 4.90 Å². The minimum absolute atomic E-state index is 0.601. The maximum atomic E-state index is 5.75. The Balaban J connectivity index is 2.53. The Bertz CT molecular complexity index is 181. The molecular formula is C13H28N2. The van der Waals surface area contributed by atoms with Crippen LogP contribution < -0.4 is 5.73 Å². The molecule has 1 saturated carbocycles. The second-order valence-corrected chi connectivity index (χ2v) is 5.45. The molecule has 4 unspecified atom stereocenters. The van der Waals surface area contributed by atoms with E-state index in [9.17, 15) is 0 Å².